The molecule has 0 spiro atoms. The van der Waals surface area contributed by atoms with Crippen LogP contribution in [0.3, 0.4) is 0 Å². The molecule has 1 heterocycles. The third-order valence-corrected chi connectivity index (χ3v) is 3.59. The van der Waals surface area contributed by atoms with Crippen LogP contribution in [0.5, 0.6) is 0 Å². The van der Waals surface area contributed by atoms with Crippen molar-refractivity contribution in [1.82, 2.24) is 10.2 Å². The molecule has 0 atom stereocenters. The Labute approximate surface area is 118 Å². The summed E-state index contributed by atoms with van der Waals surface area (Å²) in [5.41, 5.74) is -0.158. The van der Waals surface area contributed by atoms with Crippen molar-refractivity contribution in [2.45, 2.75) is 25.4 Å². The molecule has 2 N–H and O–H groups in total. The topological polar surface area (TPSA) is 69.6 Å². The molecule has 108 valence electrons. The summed E-state index contributed by atoms with van der Waals surface area (Å²) in [7, 11) is 0. The molecule has 1 saturated heterocycles. The highest BCUT2D eigenvalue weighted by atomic mass is 16.3. The monoisotopic (exact) mass is 276 g/mol. The Morgan fingerprint density at radius 2 is 1.85 bits per heavy atom. The molecule has 1 fully saturated rings. The van der Waals surface area contributed by atoms with Gasteiger partial charge < -0.3 is 5.11 Å². The van der Waals surface area contributed by atoms with E-state index in [0.717, 1.165) is 0 Å². The zero-order valence-corrected chi connectivity index (χ0v) is 11.6. The number of carbonyl (C=O) groups is 2. The Kier molecular flexibility index (Phi) is 4.52. The maximum Gasteiger partial charge on any atom is 0.257 e. The molecule has 1 aliphatic rings. The van der Waals surface area contributed by atoms with Crippen molar-refractivity contribution in [2.24, 2.45) is 0 Å². The van der Waals surface area contributed by atoms with Crippen LogP contribution in [0.4, 0.5) is 0 Å². The van der Waals surface area contributed by atoms with Gasteiger partial charge in [-0.2, -0.15) is 0 Å². The van der Waals surface area contributed by atoms with Gasteiger partial charge in [-0.3, -0.25) is 19.8 Å². The predicted molar refractivity (Wildman–Crippen MR) is 75.2 cm³/mol. The fourth-order valence-corrected chi connectivity index (χ4v) is 2.22. The summed E-state index contributed by atoms with van der Waals surface area (Å²) in [5.74, 6) is -0.681. The number of benzene rings is 1. The lowest BCUT2D eigenvalue weighted by molar-refractivity contribution is -0.122. The zero-order valence-electron chi connectivity index (χ0n) is 11.6. The van der Waals surface area contributed by atoms with Crippen molar-refractivity contribution in [1.29, 1.82) is 0 Å². The van der Waals surface area contributed by atoms with E-state index in [9.17, 15) is 14.7 Å². The molecule has 2 rings (SSSR count). The van der Waals surface area contributed by atoms with Gasteiger partial charge in [0.1, 0.15) is 0 Å². The quantitative estimate of drug-likeness (QED) is 0.856. The molecular weight excluding hydrogens is 256 g/mol. The van der Waals surface area contributed by atoms with Gasteiger partial charge in [-0.1, -0.05) is 18.2 Å². The largest absolute Gasteiger partial charge is 0.390 e. The minimum atomic E-state index is -0.632. The Bertz CT molecular complexity index is 475. The number of hydrogen-bond acceptors (Lipinski definition) is 4. The van der Waals surface area contributed by atoms with Gasteiger partial charge in [-0.05, 0) is 31.9 Å². The molecule has 0 aromatic heterocycles. The van der Waals surface area contributed by atoms with Crippen molar-refractivity contribution < 1.29 is 14.7 Å². The number of likely N-dealkylation sites (tertiary alicyclic amines) is 1. The van der Waals surface area contributed by atoms with Crippen LogP contribution in [0.1, 0.15) is 30.1 Å². The fourth-order valence-electron chi connectivity index (χ4n) is 2.22. The van der Waals surface area contributed by atoms with Crippen LogP contribution in [-0.2, 0) is 4.79 Å². The lowest BCUT2D eigenvalue weighted by Crippen LogP contribution is -2.47. The molecule has 5 nitrogen and oxygen atoms in total. The lowest BCUT2D eigenvalue weighted by atomic mass is 9.94. The molecule has 0 radical (unpaired) electrons. The van der Waals surface area contributed by atoms with Gasteiger partial charge in [-0.15, -0.1) is 0 Å². The number of nitrogens with one attached hydrogen (secondary N) is 1. The molecule has 2 amide bonds. The van der Waals surface area contributed by atoms with E-state index in [0.29, 0.717) is 31.5 Å². The summed E-state index contributed by atoms with van der Waals surface area (Å²) in [6, 6.07) is 8.66. The van der Waals surface area contributed by atoms with Gasteiger partial charge in [0.25, 0.3) is 5.91 Å². The molecule has 0 aliphatic carbocycles. The van der Waals surface area contributed by atoms with E-state index in [1.807, 2.05) is 17.9 Å². The van der Waals surface area contributed by atoms with Crippen LogP contribution in [0.15, 0.2) is 30.3 Å². The van der Waals surface area contributed by atoms with Crippen molar-refractivity contribution in [3.05, 3.63) is 35.9 Å². The molecule has 0 unspecified atom stereocenters. The molecule has 5 heteroatoms. The number of piperidine rings is 1. The zero-order chi connectivity index (χ0) is 14.6. The van der Waals surface area contributed by atoms with E-state index in [1.165, 1.54) is 0 Å². The smallest absolute Gasteiger partial charge is 0.257 e. The maximum atomic E-state index is 11.8. The third kappa shape index (κ3) is 4.15. The van der Waals surface area contributed by atoms with Gasteiger partial charge in [0.05, 0.1) is 12.1 Å². The van der Waals surface area contributed by atoms with Gasteiger partial charge in [0, 0.05) is 18.7 Å². The van der Waals surface area contributed by atoms with Gasteiger partial charge in [0.2, 0.25) is 5.91 Å². The normalized spacial score (nSPS) is 18.5. The first-order valence-electron chi connectivity index (χ1n) is 6.80. The first-order chi connectivity index (χ1) is 9.46. The second kappa shape index (κ2) is 6.15. The van der Waals surface area contributed by atoms with Gasteiger partial charge in [0.15, 0.2) is 0 Å². The standard InChI is InChI=1S/C15H20N2O3/c1-15(20)7-9-17(10-8-15)11-13(18)16-14(19)12-5-3-2-4-6-12/h2-6,20H,7-11H2,1H3,(H,16,18,19). The average Bonchev–Trinajstić information content (AvgIpc) is 2.42. The number of hydrogen-bond donors (Lipinski definition) is 2. The van der Waals surface area contributed by atoms with E-state index in [2.05, 4.69) is 5.32 Å². The first kappa shape index (κ1) is 14.7. The third-order valence-electron chi connectivity index (χ3n) is 3.59. The summed E-state index contributed by atoms with van der Waals surface area (Å²) in [4.78, 5) is 25.6. The first-order valence-corrected chi connectivity index (χ1v) is 6.80. The lowest BCUT2D eigenvalue weighted by Gasteiger charge is -2.35. The number of nitrogens with zero attached hydrogens (tertiary/aromatic N) is 1. The van der Waals surface area contributed by atoms with Crippen molar-refractivity contribution in [3.8, 4) is 0 Å². The molecule has 1 aromatic rings. The summed E-state index contributed by atoms with van der Waals surface area (Å²) >= 11 is 0. The molecule has 20 heavy (non-hydrogen) atoms. The van der Waals surface area contributed by atoms with E-state index in [-0.39, 0.29) is 18.4 Å². The number of rotatable bonds is 3. The Morgan fingerprint density at radius 1 is 1.25 bits per heavy atom. The van der Waals surface area contributed by atoms with Crippen LogP contribution in [0.25, 0.3) is 0 Å². The van der Waals surface area contributed by atoms with Crippen LogP contribution in [0, 0.1) is 0 Å². The highest BCUT2D eigenvalue weighted by Gasteiger charge is 2.28. The second-order valence-electron chi connectivity index (χ2n) is 5.52. The SMILES string of the molecule is CC1(O)CCN(CC(=O)NC(=O)c2ccccc2)CC1. The summed E-state index contributed by atoms with van der Waals surface area (Å²) in [6.07, 6.45) is 1.29. The molecule has 1 aromatic carbocycles. The maximum absolute atomic E-state index is 11.8. The molecule has 0 saturated carbocycles. The minimum absolute atomic E-state index is 0.189. The summed E-state index contributed by atoms with van der Waals surface area (Å²) in [5, 5.41) is 12.2. The van der Waals surface area contributed by atoms with Crippen molar-refractivity contribution in [3.63, 3.8) is 0 Å². The highest BCUT2D eigenvalue weighted by Crippen LogP contribution is 2.20. The van der Waals surface area contributed by atoms with E-state index < -0.39 is 5.60 Å². The number of amides is 2. The predicted octanol–water partition coefficient (Wildman–Crippen LogP) is 0.790. The second-order valence-corrected chi connectivity index (χ2v) is 5.52. The molecular formula is C15H20N2O3. The van der Waals surface area contributed by atoms with E-state index in [1.54, 1.807) is 24.3 Å². The molecule has 0 bridgehead atoms. The van der Waals surface area contributed by atoms with Crippen molar-refractivity contribution in [2.75, 3.05) is 19.6 Å². The Morgan fingerprint density at radius 3 is 2.45 bits per heavy atom. The average molecular weight is 276 g/mol. The van der Waals surface area contributed by atoms with E-state index in [4.69, 9.17) is 0 Å². The fraction of sp³-hybridized carbons (Fsp3) is 0.467. The Balaban J connectivity index is 1.80. The van der Waals surface area contributed by atoms with Crippen LogP contribution in [-0.4, -0.2) is 47.1 Å². The summed E-state index contributed by atoms with van der Waals surface area (Å²) in [6.45, 7) is 3.33. The highest BCUT2D eigenvalue weighted by molar-refractivity contribution is 6.05. The van der Waals surface area contributed by atoms with Crippen LogP contribution < -0.4 is 5.32 Å². The number of carbonyl (C=O) groups excluding carboxylic acids is 2. The minimum Gasteiger partial charge on any atom is -0.390 e. The van der Waals surface area contributed by atoms with Crippen molar-refractivity contribution >= 4 is 11.8 Å². The van der Waals surface area contributed by atoms with Crippen LogP contribution >= 0.6 is 0 Å². The van der Waals surface area contributed by atoms with E-state index >= 15 is 0 Å². The summed E-state index contributed by atoms with van der Waals surface area (Å²) < 4.78 is 0. The number of aliphatic hydroxyl groups is 1. The van der Waals surface area contributed by atoms with Crippen LogP contribution in [0.2, 0.25) is 0 Å². The van der Waals surface area contributed by atoms with Gasteiger partial charge >= 0.3 is 0 Å². The Hall–Kier alpha value is -1.72. The molecule has 1 aliphatic heterocycles. The number of imide groups is 1. The van der Waals surface area contributed by atoms with Gasteiger partial charge in [-0.25, -0.2) is 0 Å².